The van der Waals surface area contributed by atoms with Crippen molar-refractivity contribution in [2.24, 2.45) is 0 Å². The Balaban J connectivity index is 2.10. The van der Waals surface area contributed by atoms with Crippen molar-refractivity contribution in [3.8, 4) is 11.5 Å². The highest BCUT2D eigenvalue weighted by Gasteiger charge is 2.82. The number of carbonyl (C=O) groups excluding carboxylic acids is 1. The molecule has 2 N–H and O–H groups in total. The smallest absolute Gasteiger partial charge is 0.460 e. The normalized spacial score (nSPS) is 13.2. The van der Waals surface area contributed by atoms with Gasteiger partial charge in [0.1, 0.15) is 18.1 Å². The molecule has 0 saturated carbocycles. The highest BCUT2D eigenvalue weighted by atomic mass is 19.4. The largest absolute Gasteiger partial charge is 0.497 e. The molecule has 0 aliphatic carbocycles. The number of benzene rings is 2. The Bertz CT molecular complexity index is 1240. The molecule has 45 heavy (non-hydrogen) atoms. The van der Waals surface area contributed by atoms with Crippen molar-refractivity contribution < 1.29 is 73.2 Å². The molecule has 0 aromatic heterocycles. The van der Waals surface area contributed by atoms with E-state index in [1.807, 2.05) is 0 Å². The number of urea groups is 1. The Hall–Kier alpha value is -3.93. The van der Waals surface area contributed by atoms with Crippen molar-refractivity contribution >= 4 is 17.7 Å². The van der Waals surface area contributed by atoms with Gasteiger partial charge in [0, 0.05) is 25.3 Å². The van der Waals surface area contributed by atoms with Crippen LogP contribution in [0.3, 0.4) is 0 Å². The van der Waals surface area contributed by atoms with Crippen molar-refractivity contribution in [3.63, 3.8) is 0 Å². The lowest BCUT2D eigenvalue weighted by Gasteiger charge is -2.33. The molecular formula is C27H29F9N2O7. The zero-order chi connectivity index (χ0) is 34.1. The van der Waals surface area contributed by atoms with Crippen LogP contribution in [-0.2, 0) is 20.7 Å². The van der Waals surface area contributed by atoms with E-state index in [0.717, 1.165) is 0 Å². The van der Waals surface area contributed by atoms with Gasteiger partial charge in [-0.3, -0.25) is 0 Å². The van der Waals surface area contributed by atoms with E-state index >= 15 is 0 Å². The summed E-state index contributed by atoms with van der Waals surface area (Å²) < 4.78 is 137. The molecule has 1 unspecified atom stereocenters. The first-order valence-corrected chi connectivity index (χ1v) is 13.0. The van der Waals surface area contributed by atoms with Gasteiger partial charge in [0.15, 0.2) is 6.10 Å². The number of methoxy groups -OCH3 is 1. The monoisotopic (exact) mass is 664 g/mol. The molecule has 18 heteroatoms. The maximum Gasteiger partial charge on any atom is 0.460 e. The van der Waals surface area contributed by atoms with Crippen LogP contribution in [0.15, 0.2) is 48.5 Å². The van der Waals surface area contributed by atoms with E-state index in [1.165, 1.54) is 55.6 Å². The Morgan fingerprint density at radius 2 is 1.40 bits per heavy atom. The number of nitrogens with zero attached hydrogens (tertiary/aromatic N) is 1. The SMILES string of the molecule is CCOC(Cc1ccc(OCCN(CCOC(F)(F)C(F)(F)C(F)(F)C(F)(F)F)C(=O)Nc2ccc(OC)cc2)cc1)C(=O)O. The minimum Gasteiger partial charge on any atom is -0.497 e. The molecule has 0 spiro atoms. The van der Waals surface area contributed by atoms with Crippen LogP contribution >= 0.6 is 0 Å². The van der Waals surface area contributed by atoms with E-state index in [4.69, 9.17) is 14.2 Å². The standard InChI is InChI=1S/C27H29F9N2O7/c1-3-43-21(22(39)40)16-17-4-8-20(9-5-17)44-14-12-38(23(41)37-18-6-10-19(42-2)11-7-18)13-15-45-27(35,36)25(30,31)24(28,29)26(32,33)34/h4-11,21H,3,12-16H2,1-2H3,(H,37,41)(H,39,40). The number of carboxylic acid groups (broad SMARTS) is 1. The molecule has 2 aromatic rings. The Morgan fingerprint density at radius 3 is 1.91 bits per heavy atom. The molecule has 0 aliphatic heterocycles. The molecular weight excluding hydrogens is 635 g/mol. The summed E-state index contributed by atoms with van der Waals surface area (Å²) in [5, 5.41) is 11.6. The van der Waals surface area contributed by atoms with Crippen LogP contribution in [0.25, 0.3) is 0 Å². The summed E-state index contributed by atoms with van der Waals surface area (Å²) in [5.41, 5.74) is 0.742. The number of nitrogens with one attached hydrogen (secondary N) is 1. The van der Waals surface area contributed by atoms with Crippen molar-refractivity contribution in [3.05, 3.63) is 54.1 Å². The second-order valence-electron chi connectivity index (χ2n) is 9.14. The van der Waals surface area contributed by atoms with Crippen molar-refractivity contribution in [2.45, 2.75) is 43.6 Å². The number of carboxylic acids is 1. The van der Waals surface area contributed by atoms with E-state index in [1.54, 1.807) is 6.92 Å². The van der Waals surface area contributed by atoms with Gasteiger partial charge in [0.05, 0.1) is 20.3 Å². The van der Waals surface area contributed by atoms with Crippen LogP contribution in [0.1, 0.15) is 12.5 Å². The van der Waals surface area contributed by atoms with Crippen LogP contribution in [0.2, 0.25) is 0 Å². The zero-order valence-electron chi connectivity index (χ0n) is 23.7. The van der Waals surface area contributed by atoms with Gasteiger partial charge in [-0.15, -0.1) is 0 Å². The minimum atomic E-state index is -7.13. The fourth-order valence-electron chi connectivity index (χ4n) is 3.56. The Morgan fingerprint density at radius 1 is 0.844 bits per heavy atom. The maximum atomic E-state index is 13.8. The third-order valence-electron chi connectivity index (χ3n) is 6.01. The Kier molecular flexibility index (Phi) is 12.7. The molecule has 0 heterocycles. The lowest BCUT2D eigenvalue weighted by atomic mass is 10.1. The second kappa shape index (κ2) is 15.4. The second-order valence-corrected chi connectivity index (χ2v) is 9.14. The van der Waals surface area contributed by atoms with Gasteiger partial charge in [-0.05, 0) is 48.9 Å². The highest BCUT2D eigenvalue weighted by molar-refractivity contribution is 5.89. The van der Waals surface area contributed by atoms with Gasteiger partial charge in [-0.2, -0.15) is 39.5 Å². The average Bonchev–Trinajstić information content (AvgIpc) is 2.96. The van der Waals surface area contributed by atoms with Gasteiger partial charge in [0.2, 0.25) is 0 Å². The van der Waals surface area contributed by atoms with Gasteiger partial charge in [-0.1, -0.05) is 12.1 Å². The van der Waals surface area contributed by atoms with Gasteiger partial charge in [0.25, 0.3) is 0 Å². The molecule has 9 nitrogen and oxygen atoms in total. The van der Waals surface area contributed by atoms with Crippen LogP contribution in [0.4, 0.5) is 50.0 Å². The lowest BCUT2D eigenvalue weighted by molar-refractivity contribution is -0.443. The molecule has 0 radical (unpaired) electrons. The number of halogens is 9. The summed E-state index contributed by atoms with van der Waals surface area (Å²) in [5.74, 6) is -14.6. The lowest BCUT2D eigenvalue weighted by Crippen LogP contribution is -2.62. The number of hydrogen-bond acceptors (Lipinski definition) is 6. The number of alkyl halides is 9. The number of rotatable bonds is 17. The van der Waals surface area contributed by atoms with Crippen LogP contribution in [-0.4, -0.2) is 92.3 Å². The molecule has 2 amide bonds. The minimum absolute atomic E-state index is 0.0430. The van der Waals surface area contributed by atoms with Crippen LogP contribution in [0.5, 0.6) is 11.5 Å². The predicted molar refractivity (Wildman–Crippen MR) is 139 cm³/mol. The first kappa shape index (κ1) is 37.3. The number of amides is 2. The number of aliphatic carboxylic acids is 1. The van der Waals surface area contributed by atoms with Crippen LogP contribution < -0.4 is 14.8 Å². The molecule has 0 aliphatic rings. The predicted octanol–water partition coefficient (Wildman–Crippen LogP) is 6.08. The third kappa shape index (κ3) is 9.78. The molecule has 2 aromatic carbocycles. The summed E-state index contributed by atoms with van der Waals surface area (Å²) in [6, 6.07) is 10.6. The number of carbonyl (C=O) groups is 2. The summed E-state index contributed by atoms with van der Waals surface area (Å²) in [6.07, 6.45) is -14.3. The topological polar surface area (TPSA) is 107 Å². The maximum absolute atomic E-state index is 13.8. The van der Waals surface area contributed by atoms with Crippen molar-refractivity contribution in [1.29, 1.82) is 0 Å². The van der Waals surface area contributed by atoms with Gasteiger partial charge in [-0.25, -0.2) is 9.59 Å². The summed E-state index contributed by atoms with van der Waals surface area (Å²) >= 11 is 0. The fourth-order valence-corrected chi connectivity index (χ4v) is 3.56. The number of anilines is 1. The Labute approximate surface area is 250 Å². The fraction of sp³-hybridized carbons (Fsp3) is 0.481. The van der Waals surface area contributed by atoms with E-state index < -0.39 is 61.9 Å². The van der Waals surface area contributed by atoms with Crippen molar-refractivity contribution in [1.82, 2.24) is 4.90 Å². The van der Waals surface area contributed by atoms with Gasteiger partial charge >= 0.3 is 36.1 Å². The molecule has 0 saturated heterocycles. The first-order valence-electron chi connectivity index (χ1n) is 13.0. The van der Waals surface area contributed by atoms with Crippen molar-refractivity contribution in [2.75, 3.05) is 45.3 Å². The highest BCUT2D eigenvalue weighted by Crippen LogP contribution is 2.53. The van der Waals surface area contributed by atoms with E-state index in [9.17, 15) is 54.2 Å². The summed E-state index contributed by atoms with van der Waals surface area (Å²) in [4.78, 5) is 24.8. The molecule has 0 bridgehead atoms. The molecule has 2 rings (SSSR count). The average molecular weight is 665 g/mol. The summed E-state index contributed by atoms with van der Waals surface area (Å²) in [7, 11) is 1.38. The molecule has 252 valence electrons. The van der Waals surface area contributed by atoms with E-state index in [-0.39, 0.29) is 31.1 Å². The zero-order valence-corrected chi connectivity index (χ0v) is 23.7. The molecule has 0 fully saturated rings. The summed E-state index contributed by atoms with van der Waals surface area (Å²) in [6.45, 7) is -1.52. The van der Waals surface area contributed by atoms with Crippen LogP contribution in [0, 0.1) is 0 Å². The first-order chi connectivity index (χ1) is 20.9. The number of ether oxygens (including phenoxy) is 4. The van der Waals surface area contributed by atoms with E-state index in [0.29, 0.717) is 16.2 Å². The number of hydrogen-bond donors (Lipinski definition) is 2. The van der Waals surface area contributed by atoms with Gasteiger partial charge < -0.3 is 34.3 Å². The third-order valence-corrected chi connectivity index (χ3v) is 6.01. The van der Waals surface area contributed by atoms with E-state index in [2.05, 4.69) is 10.1 Å². The molecule has 1 atom stereocenters. The quantitative estimate of drug-likeness (QED) is 0.198.